The van der Waals surface area contributed by atoms with Gasteiger partial charge in [-0.3, -0.25) is 4.79 Å². The Balaban J connectivity index is 1.72. The molecule has 0 aliphatic carbocycles. The van der Waals surface area contributed by atoms with Crippen LogP contribution in [0.15, 0.2) is 48.8 Å². The van der Waals surface area contributed by atoms with E-state index in [4.69, 9.17) is 5.73 Å². The highest BCUT2D eigenvalue weighted by atomic mass is 16.1. The van der Waals surface area contributed by atoms with E-state index in [1.165, 1.54) is 0 Å². The molecule has 2 heterocycles. The molecule has 3 rings (SSSR count). The fourth-order valence-electron chi connectivity index (χ4n) is 2.02. The SMILES string of the molecule is NCc1cnn2cc(CNC(=O)c3ccccc3)nc2c1. The minimum Gasteiger partial charge on any atom is -0.346 e. The molecule has 1 amide bonds. The Bertz CT molecular complexity index is 766. The van der Waals surface area contributed by atoms with Gasteiger partial charge in [0.1, 0.15) is 0 Å². The molecule has 106 valence electrons. The van der Waals surface area contributed by atoms with E-state index in [9.17, 15) is 4.79 Å². The van der Waals surface area contributed by atoms with Crippen molar-refractivity contribution in [1.82, 2.24) is 19.9 Å². The zero-order chi connectivity index (χ0) is 14.7. The number of nitrogens with two attached hydrogens (primary N) is 1. The lowest BCUT2D eigenvalue weighted by molar-refractivity contribution is 0.0950. The van der Waals surface area contributed by atoms with Gasteiger partial charge in [-0.1, -0.05) is 18.2 Å². The molecule has 0 saturated heterocycles. The van der Waals surface area contributed by atoms with E-state index < -0.39 is 0 Å². The molecule has 1 aromatic carbocycles. The average molecular weight is 281 g/mol. The summed E-state index contributed by atoms with van der Waals surface area (Å²) in [6, 6.07) is 11.0. The van der Waals surface area contributed by atoms with Crippen molar-refractivity contribution in [2.24, 2.45) is 5.73 Å². The first-order valence-electron chi connectivity index (χ1n) is 6.63. The third kappa shape index (κ3) is 2.90. The third-order valence-corrected chi connectivity index (χ3v) is 3.13. The van der Waals surface area contributed by atoms with Crippen LogP contribution in [-0.2, 0) is 13.1 Å². The van der Waals surface area contributed by atoms with Crippen LogP contribution in [0.1, 0.15) is 21.6 Å². The van der Waals surface area contributed by atoms with Crippen molar-refractivity contribution in [2.75, 3.05) is 0 Å². The van der Waals surface area contributed by atoms with E-state index in [1.54, 1.807) is 29.0 Å². The Morgan fingerprint density at radius 2 is 2.10 bits per heavy atom. The van der Waals surface area contributed by atoms with E-state index in [1.807, 2.05) is 24.3 Å². The van der Waals surface area contributed by atoms with Crippen LogP contribution in [0.4, 0.5) is 0 Å². The number of carbonyl (C=O) groups is 1. The van der Waals surface area contributed by atoms with Crippen molar-refractivity contribution < 1.29 is 4.79 Å². The molecule has 6 heteroatoms. The molecule has 0 bridgehead atoms. The number of benzene rings is 1. The topological polar surface area (TPSA) is 85.3 Å². The Kier molecular flexibility index (Phi) is 3.61. The molecule has 0 unspecified atom stereocenters. The first kappa shape index (κ1) is 13.3. The molecule has 0 atom stereocenters. The lowest BCUT2D eigenvalue weighted by Gasteiger charge is -2.02. The predicted molar refractivity (Wildman–Crippen MR) is 78.5 cm³/mol. The monoisotopic (exact) mass is 281 g/mol. The van der Waals surface area contributed by atoms with Gasteiger partial charge in [-0.15, -0.1) is 0 Å². The molecule has 0 radical (unpaired) electrons. The molecule has 3 N–H and O–H groups in total. The van der Waals surface area contributed by atoms with Gasteiger partial charge in [0.25, 0.3) is 5.91 Å². The van der Waals surface area contributed by atoms with Gasteiger partial charge in [0.2, 0.25) is 0 Å². The predicted octanol–water partition coefficient (Wildman–Crippen LogP) is 1.12. The molecule has 6 nitrogen and oxygen atoms in total. The highest BCUT2D eigenvalue weighted by Gasteiger charge is 2.07. The molecule has 2 aromatic heterocycles. The van der Waals surface area contributed by atoms with Crippen molar-refractivity contribution in [3.05, 3.63) is 65.6 Å². The fraction of sp³-hybridized carbons (Fsp3) is 0.133. The third-order valence-electron chi connectivity index (χ3n) is 3.13. The van der Waals surface area contributed by atoms with Gasteiger partial charge in [-0.05, 0) is 23.8 Å². The number of aromatic nitrogens is 3. The van der Waals surface area contributed by atoms with Crippen molar-refractivity contribution in [3.63, 3.8) is 0 Å². The van der Waals surface area contributed by atoms with Crippen LogP contribution in [0.5, 0.6) is 0 Å². The Hall–Kier alpha value is -2.73. The maximum absolute atomic E-state index is 12.0. The number of imidazole rings is 1. The van der Waals surface area contributed by atoms with Gasteiger partial charge >= 0.3 is 0 Å². The number of rotatable bonds is 4. The van der Waals surface area contributed by atoms with E-state index >= 15 is 0 Å². The Morgan fingerprint density at radius 3 is 2.86 bits per heavy atom. The largest absolute Gasteiger partial charge is 0.346 e. The highest BCUT2D eigenvalue weighted by Crippen LogP contribution is 2.06. The van der Waals surface area contributed by atoms with Crippen LogP contribution in [0.3, 0.4) is 0 Å². The first-order valence-corrected chi connectivity index (χ1v) is 6.63. The minimum atomic E-state index is -0.122. The van der Waals surface area contributed by atoms with Crippen molar-refractivity contribution in [2.45, 2.75) is 13.1 Å². The summed E-state index contributed by atoms with van der Waals surface area (Å²) in [5, 5.41) is 7.06. The number of hydrogen-bond acceptors (Lipinski definition) is 4. The lowest BCUT2D eigenvalue weighted by Crippen LogP contribution is -2.22. The van der Waals surface area contributed by atoms with Gasteiger partial charge in [-0.2, -0.15) is 5.10 Å². The minimum absolute atomic E-state index is 0.122. The van der Waals surface area contributed by atoms with Crippen LogP contribution in [0, 0.1) is 0 Å². The molecule has 0 saturated carbocycles. The van der Waals surface area contributed by atoms with Crippen molar-refractivity contribution in [3.8, 4) is 0 Å². The molecular formula is C15H15N5O. The summed E-state index contributed by atoms with van der Waals surface area (Å²) < 4.78 is 1.67. The molecule has 0 aliphatic rings. The second-order valence-corrected chi connectivity index (χ2v) is 4.65. The van der Waals surface area contributed by atoms with Crippen molar-refractivity contribution >= 4 is 11.6 Å². The van der Waals surface area contributed by atoms with Gasteiger partial charge < -0.3 is 11.1 Å². The second-order valence-electron chi connectivity index (χ2n) is 4.65. The van der Waals surface area contributed by atoms with Crippen molar-refractivity contribution in [1.29, 1.82) is 0 Å². The summed E-state index contributed by atoms with van der Waals surface area (Å²) in [4.78, 5) is 16.4. The number of nitrogens with one attached hydrogen (secondary N) is 1. The van der Waals surface area contributed by atoms with Gasteiger partial charge in [0, 0.05) is 12.1 Å². The van der Waals surface area contributed by atoms with Crippen LogP contribution >= 0.6 is 0 Å². The van der Waals surface area contributed by atoms with Gasteiger partial charge in [0.05, 0.1) is 24.6 Å². The zero-order valence-electron chi connectivity index (χ0n) is 11.4. The fourth-order valence-corrected chi connectivity index (χ4v) is 2.02. The second kappa shape index (κ2) is 5.72. The average Bonchev–Trinajstić information content (AvgIpc) is 2.95. The molecule has 0 fully saturated rings. The smallest absolute Gasteiger partial charge is 0.251 e. The molecule has 0 spiro atoms. The van der Waals surface area contributed by atoms with E-state index in [0.717, 1.165) is 16.9 Å². The first-order chi connectivity index (χ1) is 10.3. The number of nitrogens with zero attached hydrogens (tertiary/aromatic N) is 3. The van der Waals surface area contributed by atoms with Crippen LogP contribution in [-0.4, -0.2) is 20.5 Å². The lowest BCUT2D eigenvalue weighted by atomic mass is 10.2. The van der Waals surface area contributed by atoms with E-state index in [-0.39, 0.29) is 5.91 Å². The van der Waals surface area contributed by atoms with Crippen LogP contribution in [0.2, 0.25) is 0 Å². The summed E-state index contributed by atoms with van der Waals surface area (Å²) >= 11 is 0. The zero-order valence-corrected chi connectivity index (χ0v) is 11.4. The number of carbonyl (C=O) groups excluding carboxylic acids is 1. The standard InChI is InChI=1S/C15H15N5O/c16-7-11-6-14-19-13(10-20(14)18-8-11)9-17-15(21)12-4-2-1-3-5-12/h1-6,8,10H,7,9,16H2,(H,17,21). The summed E-state index contributed by atoms with van der Waals surface area (Å²) in [5.41, 5.74) is 8.60. The Labute approximate surface area is 121 Å². The van der Waals surface area contributed by atoms with E-state index in [0.29, 0.717) is 18.7 Å². The van der Waals surface area contributed by atoms with Crippen LogP contribution in [0.25, 0.3) is 5.65 Å². The summed E-state index contributed by atoms with van der Waals surface area (Å²) in [6.07, 6.45) is 3.50. The molecule has 21 heavy (non-hydrogen) atoms. The quantitative estimate of drug-likeness (QED) is 0.750. The summed E-state index contributed by atoms with van der Waals surface area (Å²) in [5.74, 6) is -0.122. The number of amides is 1. The molecular weight excluding hydrogens is 266 g/mol. The summed E-state index contributed by atoms with van der Waals surface area (Å²) in [6.45, 7) is 0.783. The normalized spacial score (nSPS) is 10.7. The number of hydrogen-bond donors (Lipinski definition) is 2. The van der Waals surface area contributed by atoms with Gasteiger partial charge in [-0.25, -0.2) is 9.50 Å². The maximum atomic E-state index is 12.0. The van der Waals surface area contributed by atoms with Crippen LogP contribution < -0.4 is 11.1 Å². The van der Waals surface area contributed by atoms with Gasteiger partial charge in [0.15, 0.2) is 5.65 Å². The van der Waals surface area contributed by atoms with E-state index in [2.05, 4.69) is 15.4 Å². The maximum Gasteiger partial charge on any atom is 0.251 e. The molecule has 3 aromatic rings. The Morgan fingerprint density at radius 1 is 1.29 bits per heavy atom. The molecule has 0 aliphatic heterocycles. The number of fused-ring (bicyclic) bond motifs is 1. The summed E-state index contributed by atoms with van der Waals surface area (Å²) in [7, 11) is 0. The highest BCUT2D eigenvalue weighted by molar-refractivity contribution is 5.94.